The third-order valence-corrected chi connectivity index (χ3v) is 10.1. The van der Waals surface area contributed by atoms with Crippen molar-refractivity contribution in [1.82, 2.24) is 40.0 Å². The van der Waals surface area contributed by atoms with E-state index in [9.17, 15) is 14.4 Å². The minimum absolute atomic E-state index is 0. The molecule has 5 heterocycles. The molecule has 0 aliphatic carbocycles. The Balaban J connectivity index is -0.000000413. The van der Waals surface area contributed by atoms with Crippen LogP contribution in [-0.4, -0.2) is 180 Å². The molecule has 399 valence electrons. The van der Waals surface area contributed by atoms with Gasteiger partial charge in [-0.3, -0.25) is 9.59 Å². The second-order valence-corrected chi connectivity index (χ2v) is 18.4. The number of halogens is 4. The van der Waals surface area contributed by atoms with Crippen molar-refractivity contribution in [1.29, 1.82) is 2.67 Å². The van der Waals surface area contributed by atoms with Gasteiger partial charge in [0.25, 0.3) is 0 Å². The predicted octanol–water partition coefficient (Wildman–Crippen LogP) is 6.78. The number of rotatable bonds is 15. The third kappa shape index (κ3) is 33.5. The van der Waals surface area contributed by atoms with Gasteiger partial charge < -0.3 is 48.8 Å². The van der Waals surface area contributed by atoms with Crippen LogP contribution in [0.1, 0.15) is 49.4 Å². The summed E-state index contributed by atoms with van der Waals surface area (Å²) < 4.78 is 40.7. The fraction of sp³-hybridized carbons (Fsp3) is 0.438. The van der Waals surface area contributed by atoms with Gasteiger partial charge >= 0.3 is 5.97 Å². The van der Waals surface area contributed by atoms with E-state index < -0.39 is 5.97 Å². The topological polar surface area (TPSA) is 191 Å². The first kappa shape index (κ1) is 68.7. The van der Waals surface area contributed by atoms with Gasteiger partial charge in [0.1, 0.15) is 0 Å². The Morgan fingerprint density at radius 1 is 0.764 bits per heavy atom. The second-order valence-electron chi connectivity index (χ2n) is 14.8. The van der Waals surface area contributed by atoms with Gasteiger partial charge in [0.05, 0.1) is 36.8 Å². The van der Waals surface area contributed by atoms with Crippen molar-refractivity contribution in [3.05, 3.63) is 101 Å². The van der Waals surface area contributed by atoms with Gasteiger partial charge in [0.15, 0.2) is 0 Å². The molecule has 1 saturated heterocycles. The Labute approximate surface area is 491 Å². The minimum atomic E-state index is -1.01. The van der Waals surface area contributed by atoms with Gasteiger partial charge in [0, 0.05) is 151 Å². The number of methoxy groups -OCH3 is 4. The molecule has 1 aliphatic rings. The van der Waals surface area contributed by atoms with Crippen molar-refractivity contribution in [2.75, 3.05) is 98.0 Å². The number of ether oxygens (including phenoxy) is 5. The number of hydrogen-bond acceptors (Lipinski definition) is 14. The molecule has 4 aromatic rings. The first-order chi connectivity index (χ1) is 34.6. The van der Waals surface area contributed by atoms with Crippen LogP contribution in [0.25, 0.3) is 12.2 Å². The first-order valence-corrected chi connectivity index (χ1v) is 24.4. The Kier molecular flexibility index (Phi) is 41.0. The Morgan fingerprint density at radius 3 is 1.50 bits per heavy atom. The zero-order valence-electron chi connectivity index (χ0n) is 44.6. The molecule has 1 unspecified atom stereocenters. The van der Waals surface area contributed by atoms with Crippen molar-refractivity contribution < 1.29 is 75.7 Å². The van der Waals surface area contributed by atoms with Crippen LogP contribution < -0.4 is 24.3 Å². The number of pyridine rings is 4. The molecule has 1 fully saturated rings. The summed E-state index contributed by atoms with van der Waals surface area (Å²) in [7, 11) is 22.1. The second kappa shape index (κ2) is 43.0. The third-order valence-electron chi connectivity index (χ3n) is 8.36. The number of aliphatic carboxylic acids is 1. The van der Waals surface area contributed by atoms with Crippen LogP contribution in [0.5, 0.6) is 23.5 Å². The van der Waals surface area contributed by atoms with Crippen LogP contribution in [0.15, 0.2) is 79.1 Å². The Hall–Kier alpha value is -3.33. The number of likely N-dealkylation sites (N-methyl/N-ethyl adjacent to an activating group) is 1. The van der Waals surface area contributed by atoms with Crippen LogP contribution in [0.3, 0.4) is 0 Å². The van der Waals surface area contributed by atoms with Crippen LogP contribution in [0.2, 0.25) is 0 Å². The summed E-state index contributed by atoms with van der Waals surface area (Å²) in [6.45, 7) is 2.13. The number of carboxylic acid groups (broad SMARTS) is 1. The number of hydrogen-bond donors (Lipinski definition) is 2. The van der Waals surface area contributed by atoms with E-state index in [1.54, 1.807) is 91.3 Å². The quantitative estimate of drug-likeness (QED) is 0.0935. The smallest absolute Gasteiger partial charge is 0.328 e. The molecule has 1 atom stereocenters. The maximum Gasteiger partial charge on any atom is 0.328 e. The minimum Gasteiger partial charge on any atom is -0.481 e. The summed E-state index contributed by atoms with van der Waals surface area (Å²) >= 11 is 13.3. The SMILES string of the molecule is CNC.COc1ncc(Br)cc1/C=C/C(=O)N(C)C.COc1ncc(Br)cc1/C=C/C(=O)O.COc1ncc(Br)cc1CCC(=O)N(C)C.COc1ncc(Br)cc1CCCN(C)C.[3H][B][3H].[BH3-]C1CCCO1.[HH].[U]. The number of nitrogens with zero attached hydrogens (tertiary/aromatic N) is 7. The average Bonchev–Trinajstić information content (AvgIpc) is 3.83. The number of carbonyl (C=O) groups excluding carboxylic acids is 2. The van der Waals surface area contributed by atoms with Crippen LogP contribution >= 0.6 is 63.7 Å². The standard InChI is InChI=1S/C11H15BrN2O2.C11H13BrN2O2.C11H17BrN2O.C9H8BrNO3.C4H10BO.C2H7N.BH2.U.H2/c2*1-14(2)10(15)5-4-8-6-9(12)7-13-11(8)16-3;1-14(2)6-4-5-9-7-10(12)8-13-11(9)15-3;1-14-9-6(2-3-8(12)13)4-7(10)5-11-9;5-4-2-1-3-6-4;1-3-2;;;/h6-7H,4-5H2,1-3H3;4-7H,1-3H3;7-8H,4-6H2,1-3H3;2-5H,1H3,(H,12,13);4H,1-3H2,5H3;3H,1-2H3;1H2;;1H/q;;;;-1;;;;/b;5-4+;;3-2+;;;;;/i;;;;;;1T2;;. The molecule has 2 N–H and O–H groups in total. The van der Waals surface area contributed by atoms with Crippen molar-refractivity contribution in [2.24, 2.45) is 0 Å². The van der Waals surface area contributed by atoms with Gasteiger partial charge in [-0.25, -0.2) is 24.7 Å². The molecule has 0 spiro atoms. The maximum atomic E-state index is 11.5. The van der Waals surface area contributed by atoms with Gasteiger partial charge in [-0.05, 0) is 171 Å². The largest absolute Gasteiger partial charge is 0.481 e. The summed E-state index contributed by atoms with van der Waals surface area (Å²) in [6.07, 6.45) is 18.2. The van der Waals surface area contributed by atoms with Gasteiger partial charge in [-0.1, -0.05) is 12.4 Å². The summed E-state index contributed by atoms with van der Waals surface area (Å²) in [4.78, 5) is 54.7. The fourth-order valence-corrected chi connectivity index (χ4v) is 6.52. The van der Waals surface area contributed by atoms with Gasteiger partial charge in [-0.15, -0.1) is 0 Å². The van der Waals surface area contributed by atoms with Crippen LogP contribution in [0, 0.1) is 31.1 Å². The molecule has 1 aliphatic heterocycles. The van der Waals surface area contributed by atoms with E-state index in [4.69, 9.17) is 31.5 Å². The van der Waals surface area contributed by atoms with Gasteiger partial charge in [0.2, 0.25) is 35.3 Å². The van der Waals surface area contributed by atoms with E-state index in [1.807, 2.05) is 26.2 Å². The zero-order valence-corrected chi connectivity index (χ0v) is 53.1. The Bertz CT molecular complexity index is 2260. The molecule has 72 heavy (non-hydrogen) atoms. The number of nitrogens with one attached hydrogen (secondary N) is 1. The van der Waals surface area contributed by atoms with Crippen molar-refractivity contribution in [3.8, 4) is 23.5 Å². The summed E-state index contributed by atoms with van der Waals surface area (Å²) in [6, 6.07) is 8.36. The molecular formula is C48H74B2Br4N8O9U-. The van der Waals surface area contributed by atoms with E-state index in [1.165, 1.54) is 37.0 Å². The van der Waals surface area contributed by atoms with Gasteiger partial charge in [-0.2, -0.15) is 0 Å². The molecule has 24 heteroatoms. The van der Waals surface area contributed by atoms with Crippen molar-refractivity contribution >= 4 is 110 Å². The molecule has 1 radical (unpaired) electrons. The maximum absolute atomic E-state index is 11.5. The van der Waals surface area contributed by atoms with E-state index >= 15 is 0 Å². The Morgan fingerprint density at radius 2 is 1.17 bits per heavy atom. The van der Waals surface area contributed by atoms with Crippen LogP contribution in [-0.2, 0) is 32.0 Å². The molecule has 0 saturated carbocycles. The van der Waals surface area contributed by atoms with Crippen LogP contribution in [0.4, 0.5) is 0 Å². The van der Waals surface area contributed by atoms with E-state index in [0.717, 1.165) is 78.5 Å². The first-order valence-electron chi connectivity index (χ1n) is 22.3. The fourth-order valence-electron chi connectivity index (χ4n) is 5.07. The number of aromatic nitrogens is 4. The number of carbonyl (C=O) groups is 3. The van der Waals surface area contributed by atoms with E-state index in [2.05, 4.69) is 114 Å². The monoisotopic (exact) mass is 1490 g/mol. The zero-order chi connectivity index (χ0) is 55.9. The average molecular weight is 1490 g/mol. The molecule has 2 amide bonds. The number of carboxylic acids is 1. The van der Waals surface area contributed by atoms with E-state index in [-0.39, 0.29) is 44.4 Å². The summed E-state index contributed by atoms with van der Waals surface area (Å²) in [5, 5.41) is 11.2. The number of amides is 2. The molecule has 0 bridgehead atoms. The molecule has 0 aromatic carbocycles. The summed E-state index contributed by atoms with van der Waals surface area (Å²) in [5.74, 6) is 1.21. The molecule has 4 aromatic heterocycles. The van der Waals surface area contributed by atoms with Crippen molar-refractivity contribution in [2.45, 2.75) is 44.5 Å². The molecule has 17 nitrogen and oxygen atoms in total. The van der Waals surface area contributed by atoms with Crippen molar-refractivity contribution in [3.63, 3.8) is 0 Å². The predicted molar refractivity (Wildman–Crippen MR) is 307 cm³/mol. The molecular weight excluding hydrogens is 1410 g/mol. The number of aryl methyl sites for hydroxylation is 2. The van der Waals surface area contributed by atoms with E-state index in [0.29, 0.717) is 52.2 Å². The molecule has 5 rings (SSSR count). The summed E-state index contributed by atoms with van der Waals surface area (Å²) in [5.41, 5.74) is 3.47. The normalized spacial score (nSPS) is 12.2.